The first-order valence-corrected chi connectivity index (χ1v) is 5.32. The van der Waals surface area contributed by atoms with Gasteiger partial charge in [-0.1, -0.05) is 0 Å². The van der Waals surface area contributed by atoms with Crippen LogP contribution >= 0.6 is 0 Å². The SMILES string of the molecule is CCNC(N)=NCC1(N(C)C)CCC1. The highest BCUT2D eigenvalue weighted by molar-refractivity contribution is 5.77. The topological polar surface area (TPSA) is 53.6 Å². The maximum atomic E-state index is 5.69. The largest absolute Gasteiger partial charge is 0.370 e. The van der Waals surface area contributed by atoms with Crippen molar-refractivity contribution in [1.82, 2.24) is 10.2 Å². The Morgan fingerprint density at radius 3 is 2.50 bits per heavy atom. The average molecular weight is 198 g/mol. The summed E-state index contributed by atoms with van der Waals surface area (Å²) in [4.78, 5) is 6.65. The molecule has 0 amide bonds. The van der Waals surface area contributed by atoms with E-state index in [2.05, 4.69) is 29.3 Å². The molecule has 1 fully saturated rings. The van der Waals surface area contributed by atoms with Gasteiger partial charge in [0.15, 0.2) is 5.96 Å². The minimum atomic E-state index is 0.278. The lowest BCUT2D eigenvalue weighted by atomic mass is 9.76. The van der Waals surface area contributed by atoms with Gasteiger partial charge < -0.3 is 16.0 Å². The lowest BCUT2D eigenvalue weighted by Crippen LogP contribution is -2.53. The van der Waals surface area contributed by atoms with Gasteiger partial charge in [0.1, 0.15) is 0 Å². The molecule has 0 aliphatic heterocycles. The summed E-state index contributed by atoms with van der Waals surface area (Å²) in [7, 11) is 4.25. The Balaban J connectivity index is 2.45. The van der Waals surface area contributed by atoms with Crippen LogP contribution in [0, 0.1) is 0 Å². The average Bonchev–Trinajstić information content (AvgIpc) is 2.02. The second-order valence-electron chi connectivity index (χ2n) is 4.20. The lowest BCUT2D eigenvalue weighted by Gasteiger charge is -2.46. The molecule has 1 rings (SSSR count). The molecule has 0 bridgehead atoms. The molecule has 1 aliphatic carbocycles. The van der Waals surface area contributed by atoms with Gasteiger partial charge in [-0.3, -0.25) is 4.99 Å². The van der Waals surface area contributed by atoms with Crippen LogP contribution in [0.25, 0.3) is 0 Å². The van der Waals surface area contributed by atoms with Gasteiger partial charge in [0.25, 0.3) is 0 Å². The summed E-state index contributed by atoms with van der Waals surface area (Å²) in [5.74, 6) is 0.570. The third kappa shape index (κ3) is 2.38. The predicted molar refractivity (Wildman–Crippen MR) is 60.4 cm³/mol. The Bertz CT molecular complexity index is 206. The van der Waals surface area contributed by atoms with Crippen LogP contribution in [-0.2, 0) is 0 Å². The fraction of sp³-hybridized carbons (Fsp3) is 0.900. The van der Waals surface area contributed by atoms with E-state index < -0.39 is 0 Å². The Morgan fingerprint density at radius 2 is 2.14 bits per heavy atom. The van der Waals surface area contributed by atoms with Crippen LogP contribution in [-0.4, -0.2) is 43.6 Å². The van der Waals surface area contributed by atoms with Crippen molar-refractivity contribution in [3.8, 4) is 0 Å². The van der Waals surface area contributed by atoms with Crippen molar-refractivity contribution >= 4 is 5.96 Å². The molecule has 14 heavy (non-hydrogen) atoms. The zero-order valence-electron chi connectivity index (χ0n) is 9.51. The van der Waals surface area contributed by atoms with E-state index in [1.165, 1.54) is 19.3 Å². The molecule has 3 N–H and O–H groups in total. The van der Waals surface area contributed by atoms with Crippen LogP contribution in [0.15, 0.2) is 4.99 Å². The molecular weight excluding hydrogens is 176 g/mol. The van der Waals surface area contributed by atoms with E-state index in [0.29, 0.717) is 5.96 Å². The number of likely N-dealkylation sites (N-methyl/N-ethyl adjacent to an activating group) is 1. The van der Waals surface area contributed by atoms with Crippen LogP contribution < -0.4 is 11.1 Å². The Labute approximate surface area is 86.6 Å². The van der Waals surface area contributed by atoms with Gasteiger partial charge in [-0.05, 0) is 40.3 Å². The third-order valence-corrected chi connectivity index (χ3v) is 3.13. The maximum absolute atomic E-state index is 5.69. The van der Waals surface area contributed by atoms with Crippen molar-refractivity contribution in [2.45, 2.75) is 31.7 Å². The van der Waals surface area contributed by atoms with Gasteiger partial charge in [-0.2, -0.15) is 0 Å². The zero-order valence-corrected chi connectivity index (χ0v) is 9.51. The smallest absolute Gasteiger partial charge is 0.188 e. The second kappa shape index (κ2) is 4.64. The molecule has 0 saturated heterocycles. The van der Waals surface area contributed by atoms with E-state index in [1.807, 2.05) is 6.92 Å². The van der Waals surface area contributed by atoms with Crippen molar-refractivity contribution in [1.29, 1.82) is 0 Å². The lowest BCUT2D eigenvalue weighted by molar-refractivity contribution is 0.0699. The fourth-order valence-corrected chi connectivity index (χ4v) is 1.80. The quantitative estimate of drug-likeness (QED) is 0.508. The van der Waals surface area contributed by atoms with Gasteiger partial charge in [0.05, 0.1) is 6.54 Å². The van der Waals surface area contributed by atoms with E-state index in [1.54, 1.807) is 0 Å². The predicted octanol–water partition coefficient (Wildman–Crippen LogP) is 0.395. The molecule has 0 spiro atoms. The molecule has 0 aromatic rings. The molecule has 82 valence electrons. The molecular formula is C10H22N4. The minimum Gasteiger partial charge on any atom is -0.370 e. The number of rotatable bonds is 4. The summed E-state index contributed by atoms with van der Waals surface area (Å²) in [6.45, 7) is 3.68. The zero-order chi connectivity index (χ0) is 10.6. The molecule has 1 aliphatic rings. The fourth-order valence-electron chi connectivity index (χ4n) is 1.80. The standard InChI is InChI=1S/C10H22N4/c1-4-12-9(11)13-8-10(14(2)3)6-5-7-10/h4-8H2,1-3H3,(H3,11,12,13). The molecule has 0 aromatic carbocycles. The number of hydrogen-bond acceptors (Lipinski definition) is 2. The van der Waals surface area contributed by atoms with Crippen molar-refractivity contribution in [3.63, 3.8) is 0 Å². The summed E-state index contributed by atoms with van der Waals surface area (Å²) >= 11 is 0. The molecule has 0 radical (unpaired) electrons. The van der Waals surface area contributed by atoms with Gasteiger partial charge in [0.2, 0.25) is 0 Å². The van der Waals surface area contributed by atoms with Crippen molar-refractivity contribution < 1.29 is 0 Å². The van der Waals surface area contributed by atoms with Crippen LogP contribution in [0.4, 0.5) is 0 Å². The third-order valence-electron chi connectivity index (χ3n) is 3.13. The number of aliphatic imine (C=N–C) groups is 1. The number of nitrogens with two attached hydrogens (primary N) is 1. The van der Waals surface area contributed by atoms with Gasteiger partial charge in [0, 0.05) is 12.1 Å². The highest BCUT2D eigenvalue weighted by Crippen LogP contribution is 2.36. The summed E-state index contributed by atoms with van der Waals surface area (Å²) in [5, 5.41) is 3.01. The van der Waals surface area contributed by atoms with Crippen LogP contribution in [0.5, 0.6) is 0 Å². The van der Waals surface area contributed by atoms with Crippen LogP contribution in [0.2, 0.25) is 0 Å². The summed E-state index contributed by atoms with van der Waals surface area (Å²) in [5.41, 5.74) is 5.97. The van der Waals surface area contributed by atoms with Gasteiger partial charge in [-0.15, -0.1) is 0 Å². The molecule has 0 heterocycles. The first kappa shape index (κ1) is 11.3. The Hall–Kier alpha value is -0.770. The monoisotopic (exact) mass is 198 g/mol. The Kier molecular flexibility index (Phi) is 3.75. The maximum Gasteiger partial charge on any atom is 0.188 e. The second-order valence-corrected chi connectivity index (χ2v) is 4.20. The summed E-state index contributed by atoms with van der Waals surface area (Å²) < 4.78 is 0. The van der Waals surface area contributed by atoms with Crippen molar-refractivity contribution in [2.75, 3.05) is 27.2 Å². The van der Waals surface area contributed by atoms with Crippen LogP contribution in [0.3, 0.4) is 0 Å². The van der Waals surface area contributed by atoms with E-state index in [-0.39, 0.29) is 5.54 Å². The number of nitrogens with one attached hydrogen (secondary N) is 1. The summed E-state index contributed by atoms with van der Waals surface area (Å²) in [6, 6.07) is 0. The molecule has 1 saturated carbocycles. The molecule has 4 heteroatoms. The highest BCUT2D eigenvalue weighted by atomic mass is 15.2. The first-order valence-electron chi connectivity index (χ1n) is 5.32. The van der Waals surface area contributed by atoms with E-state index in [4.69, 9.17) is 5.73 Å². The molecule has 0 atom stereocenters. The Morgan fingerprint density at radius 1 is 1.50 bits per heavy atom. The van der Waals surface area contributed by atoms with E-state index in [9.17, 15) is 0 Å². The molecule has 0 aromatic heterocycles. The number of hydrogen-bond donors (Lipinski definition) is 2. The first-order chi connectivity index (χ1) is 6.60. The van der Waals surface area contributed by atoms with E-state index >= 15 is 0 Å². The minimum absolute atomic E-state index is 0.278. The summed E-state index contributed by atoms with van der Waals surface area (Å²) in [6.07, 6.45) is 3.79. The molecule has 4 nitrogen and oxygen atoms in total. The highest BCUT2D eigenvalue weighted by Gasteiger charge is 2.38. The van der Waals surface area contributed by atoms with Gasteiger partial charge in [-0.25, -0.2) is 0 Å². The number of guanidine groups is 1. The van der Waals surface area contributed by atoms with Gasteiger partial charge >= 0.3 is 0 Å². The van der Waals surface area contributed by atoms with Crippen molar-refractivity contribution in [2.24, 2.45) is 10.7 Å². The van der Waals surface area contributed by atoms with Crippen LogP contribution in [0.1, 0.15) is 26.2 Å². The normalized spacial score (nSPS) is 20.7. The molecule has 0 unspecified atom stereocenters. The number of nitrogens with zero attached hydrogens (tertiary/aromatic N) is 2. The van der Waals surface area contributed by atoms with Crippen molar-refractivity contribution in [3.05, 3.63) is 0 Å². The van der Waals surface area contributed by atoms with E-state index in [0.717, 1.165) is 13.1 Å².